The van der Waals surface area contributed by atoms with E-state index >= 15 is 0 Å². The summed E-state index contributed by atoms with van der Waals surface area (Å²) in [6, 6.07) is 21.6. The molecule has 0 bridgehead atoms. The van der Waals surface area contributed by atoms with E-state index in [0.717, 1.165) is 32.2 Å². The highest BCUT2D eigenvalue weighted by molar-refractivity contribution is 9.10. The van der Waals surface area contributed by atoms with E-state index in [2.05, 4.69) is 33.0 Å². The number of hydrogen-bond acceptors (Lipinski definition) is 3. The topological polar surface area (TPSA) is 43.1 Å². The Labute approximate surface area is 163 Å². The molecule has 0 aliphatic rings. The van der Waals surface area contributed by atoms with Crippen molar-refractivity contribution in [1.82, 2.24) is 4.98 Å². The first-order valence-electron chi connectivity index (χ1n) is 8.04. The highest BCUT2D eigenvalue weighted by Gasteiger charge is 2.16. The van der Waals surface area contributed by atoms with E-state index in [-0.39, 0.29) is 6.42 Å². The third-order valence-corrected chi connectivity index (χ3v) is 4.85. The summed E-state index contributed by atoms with van der Waals surface area (Å²) in [6.45, 7) is 0. The number of carbonyl (C=O) groups excluding carboxylic acids is 1. The maximum atomic E-state index is 11.3. The SMILES string of the molecule is O=C(Cl)Cc1ccccc1-c1nc2cc(-c3ccccc3)cc(Br)c2o1. The van der Waals surface area contributed by atoms with Crippen LogP contribution in [0.25, 0.3) is 33.7 Å². The fourth-order valence-corrected chi connectivity index (χ4v) is 3.61. The molecule has 1 aromatic heterocycles. The van der Waals surface area contributed by atoms with Gasteiger partial charge < -0.3 is 4.42 Å². The van der Waals surface area contributed by atoms with Crippen LogP contribution in [0, 0.1) is 0 Å². The Kier molecular flexibility index (Phi) is 4.62. The molecule has 1 heterocycles. The zero-order valence-corrected chi connectivity index (χ0v) is 15.9. The summed E-state index contributed by atoms with van der Waals surface area (Å²) in [4.78, 5) is 16.0. The van der Waals surface area contributed by atoms with Crippen molar-refractivity contribution in [2.75, 3.05) is 0 Å². The molecule has 4 rings (SSSR count). The molecule has 26 heavy (non-hydrogen) atoms. The van der Waals surface area contributed by atoms with E-state index in [1.807, 2.05) is 54.6 Å². The number of carbonyl (C=O) groups is 1. The lowest BCUT2D eigenvalue weighted by Crippen LogP contribution is -1.96. The van der Waals surface area contributed by atoms with Crippen molar-refractivity contribution in [2.24, 2.45) is 0 Å². The monoisotopic (exact) mass is 425 g/mol. The first-order chi connectivity index (χ1) is 12.6. The minimum absolute atomic E-state index is 0.132. The number of hydrogen-bond donors (Lipinski definition) is 0. The predicted octanol–water partition coefficient (Wildman–Crippen LogP) is 6.23. The highest BCUT2D eigenvalue weighted by Crippen LogP contribution is 2.35. The van der Waals surface area contributed by atoms with Gasteiger partial charge in [-0.25, -0.2) is 4.98 Å². The van der Waals surface area contributed by atoms with Crippen molar-refractivity contribution in [3.63, 3.8) is 0 Å². The molecule has 0 radical (unpaired) electrons. The van der Waals surface area contributed by atoms with Gasteiger partial charge in [0.2, 0.25) is 11.1 Å². The molecule has 0 N–H and O–H groups in total. The second-order valence-electron chi connectivity index (χ2n) is 5.88. The maximum absolute atomic E-state index is 11.3. The average molecular weight is 427 g/mol. The van der Waals surface area contributed by atoms with Gasteiger partial charge in [0.1, 0.15) is 5.52 Å². The summed E-state index contributed by atoms with van der Waals surface area (Å²) in [6.07, 6.45) is 0.132. The first-order valence-corrected chi connectivity index (χ1v) is 9.21. The van der Waals surface area contributed by atoms with E-state index in [9.17, 15) is 4.79 Å². The van der Waals surface area contributed by atoms with Gasteiger partial charge in [0.25, 0.3) is 0 Å². The normalized spacial score (nSPS) is 11.0. The zero-order chi connectivity index (χ0) is 18.1. The molecule has 3 nitrogen and oxygen atoms in total. The molecule has 0 spiro atoms. The Balaban J connectivity index is 1.84. The maximum Gasteiger partial charge on any atom is 0.227 e. The molecule has 128 valence electrons. The predicted molar refractivity (Wildman–Crippen MR) is 107 cm³/mol. The van der Waals surface area contributed by atoms with Crippen LogP contribution in [0.15, 0.2) is 75.6 Å². The van der Waals surface area contributed by atoms with Crippen molar-refractivity contribution in [2.45, 2.75) is 6.42 Å². The van der Waals surface area contributed by atoms with Crippen LogP contribution in [-0.4, -0.2) is 10.2 Å². The Morgan fingerprint density at radius 1 is 1.00 bits per heavy atom. The Morgan fingerprint density at radius 2 is 1.73 bits per heavy atom. The van der Waals surface area contributed by atoms with Crippen LogP contribution in [0.1, 0.15) is 5.56 Å². The molecule has 0 amide bonds. The van der Waals surface area contributed by atoms with Gasteiger partial charge in [0.05, 0.1) is 4.47 Å². The number of rotatable bonds is 4. The minimum Gasteiger partial charge on any atom is -0.435 e. The van der Waals surface area contributed by atoms with E-state index in [0.29, 0.717) is 11.5 Å². The van der Waals surface area contributed by atoms with Crippen molar-refractivity contribution < 1.29 is 9.21 Å². The summed E-state index contributed by atoms with van der Waals surface area (Å²) in [5, 5.41) is -0.416. The lowest BCUT2D eigenvalue weighted by molar-refractivity contribution is -0.111. The van der Waals surface area contributed by atoms with Gasteiger partial charge in [0.15, 0.2) is 5.58 Å². The lowest BCUT2D eigenvalue weighted by Gasteiger charge is -2.03. The standard InChI is InChI=1S/C21H13BrClNO2/c22-17-10-15(13-6-2-1-3-7-13)11-18-20(17)26-21(24-18)16-9-5-4-8-14(16)12-19(23)25/h1-11H,12H2. The van der Waals surface area contributed by atoms with Gasteiger partial charge in [-0.3, -0.25) is 4.79 Å². The Hall–Kier alpha value is -2.43. The number of aromatic nitrogens is 1. The Bertz CT molecular complexity index is 1110. The zero-order valence-electron chi connectivity index (χ0n) is 13.6. The second kappa shape index (κ2) is 7.06. The van der Waals surface area contributed by atoms with Crippen molar-refractivity contribution in [1.29, 1.82) is 0 Å². The molecule has 0 aliphatic heterocycles. The lowest BCUT2D eigenvalue weighted by atomic mass is 10.1. The summed E-state index contributed by atoms with van der Waals surface area (Å²) < 4.78 is 6.82. The molecule has 3 aromatic carbocycles. The first kappa shape index (κ1) is 17.0. The summed E-state index contributed by atoms with van der Waals surface area (Å²) in [5.74, 6) is 0.472. The van der Waals surface area contributed by atoms with Crippen molar-refractivity contribution in [3.8, 4) is 22.6 Å². The summed E-state index contributed by atoms with van der Waals surface area (Å²) in [7, 11) is 0. The molecule has 0 fully saturated rings. The number of halogens is 2. The van der Waals surface area contributed by atoms with Gasteiger partial charge in [-0.2, -0.15) is 0 Å². The van der Waals surface area contributed by atoms with Crippen molar-refractivity contribution >= 4 is 43.9 Å². The number of benzene rings is 3. The third kappa shape index (κ3) is 3.30. The van der Waals surface area contributed by atoms with Crippen LogP contribution in [0.2, 0.25) is 0 Å². The quantitative estimate of drug-likeness (QED) is 0.363. The molecule has 0 atom stereocenters. The molecule has 0 saturated carbocycles. The average Bonchev–Trinajstić information content (AvgIpc) is 3.07. The van der Waals surface area contributed by atoms with Crippen LogP contribution in [0.5, 0.6) is 0 Å². The van der Waals surface area contributed by atoms with Crippen LogP contribution in [0.3, 0.4) is 0 Å². The van der Waals surface area contributed by atoms with Crippen LogP contribution < -0.4 is 0 Å². The fraction of sp³-hybridized carbons (Fsp3) is 0.0476. The number of fused-ring (bicyclic) bond motifs is 1. The molecular formula is C21H13BrClNO2. The Morgan fingerprint density at radius 3 is 2.50 bits per heavy atom. The number of oxazole rings is 1. The number of nitrogens with zero attached hydrogens (tertiary/aromatic N) is 1. The van der Waals surface area contributed by atoms with Gasteiger partial charge in [-0.05, 0) is 62.4 Å². The largest absolute Gasteiger partial charge is 0.435 e. The molecule has 4 aromatic rings. The van der Waals surface area contributed by atoms with E-state index < -0.39 is 5.24 Å². The van der Waals surface area contributed by atoms with E-state index in [1.165, 1.54) is 0 Å². The van der Waals surface area contributed by atoms with E-state index in [4.69, 9.17) is 16.0 Å². The molecular weight excluding hydrogens is 414 g/mol. The van der Waals surface area contributed by atoms with Gasteiger partial charge >= 0.3 is 0 Å². The molecule has 0 aliphatic carbocycles. The second-order valence-corrected chi connectivity index (χ2v) is 7.16. The smallest absolute Gasteiger partial charge is 0.227 e. The van der Waals surface area contributed by atoms with Gasteiger partial charge in [-0.15, -0.1) is 0 Å². The third-order valence-electron chi connectivity index (χ3n) is 4.13. The minimum atomic E-state index is -0.416. The fourth-order valence-electron chi connectivity index (χ4n) is 2.94. The molecule has 0 saturated heterocycles. The van der Waals surface area contributed by atoms with Gasteiger partial charge in [0, 0.05) is 12.0 Å². The summed E-state index contributed by atoms with van der Waals surface area (Å²) in [5.41, 5.74) is 5.14. The van der Waals surface area contributed by atoms with Crippen LogP contribution in [0.4, 0.5) is 0 Å². The van der Waals surface area contributed by atoms with Crippen molar-refractivity contribution in [3.05, 3.63) is 76.8 Å². The van der Waals surface area contributed by atoms with Gasteiger partial charge in [-0.1, -0.05) is 48.5 Å². The molecule has 0 unspecified atom stereocenters. The molecule has 5 heteroatoms. The van der Waals surface area contributed by atoms with Crippen LogP contribution in [-0.2, 0) is 11.2 Å². The van der Waals surface area contributed by atoms with Crippen LogP contribution >= 0.6 is 27.5 Å². The van der Waals surface area contributed by atoms with E-state index in [1.54, 1.807) is 0 Å². The summed E-state index contributed by atoms with van der Waals surface area (Å²) >= 11 is 9.15. The highest BCUT2D eigenvalue weighted by atomic mass is 79.9.